The van der Waals surface area contributed by atoms with E-state index < -0.39 is 12.0 Å². The zero-order valence-corrected chi connectivity index (χ0v) is 22.3. The number of rotatable bonds is 10. The van der Waals surface area contributed by atoms with E-state index >= 15 is 0 Å². The van der Waals surface area contributed by atoms with E-state index in [9.17, 15) is 14.7 Å². The van der Waals surface area contributed by atoms with Gasteiger partial charge in [-0.25, -0.2) is 4.98 Å². The molecule has 0 spiro atoms. The van der Waals surface area contributed by atoms with E-state index in [1.54, 1.807) is 23.1 Å². The van der Waals surface area contributed by atoms with Crippen molar-refractivity contribution in [1.29, 1.82) is 0 Å². The number of nitrogens with one attached hydrogen (secondary N) is 2. The van der Waals surface area contributed by atoms with Crippen LogP contribution in [0.5, 0.6) is 0 Å². The van der Waals surface area contributed by atoms with Crippen LogP contribution in [0.3, 0.4) is 0 Å². The monoisotopic (exact) mass is 506 g/mol. The van der Waals surface area contributed by atoms with Crippen LogP contribution in [-0.4, -0.2) is 67.3 Å². The largest absolute Gasteiger partial charge is 0.481 e. The molecule has 1 aromatic carbocycles. The Labute approximate surface area is 218 Å². The van der Waals surface area contributed by atoms with Crippen molar-refractivity contribution >= 4 is 11.9 Å². The van der Waals surface area contributed by atoms with Crippen LogP contribution in [0.1, 0.15) is 68.1 Å². The summed E-state index contributed by atoms with van der Waals surface area (Å²) in [5.74, 6) is -0.809. The van der Waals surface area contributed by atoms with Crippen molar-refractivity contribution < 1.29 is 14.7 Å². The molecule has 0 radical (unpaired) electrons. The Morgan fingerprint density at radius 1 is 1.30 bits per heavy atom. The first kappa shape index (κ1) is 26.6. The number of aryl methyl sites for hydroxylation is 2. The summed E-state index contributed by atoms with van der Waals surface area (Å²) in [4.78, 5) is 34.8. The van der Waals surface area contributed by atoms with Gasteiger partial charge in [0.05, 0.1) is 12.1 Å². The number of carboxylic acid groups (broad SMARTS) is 1. The highest BCUT2D eigenvalue weighted by atomic mass is 16.4. The average Bonchev–Trinajstić information content (AvgIpc) is 3.51. The smallest absolute Gasteiger partial charge is 0.305 e. The lowest BCUT2D eigenvalue weighted by molar-refractivity contribution is -0.137. The van der Waals surface area contributed by atoms with Crippen molar-refractivity contribution in [3.05, 3.63) is 53.5 Å². The Morgan fingerprint density at radius 2 is 2.11 bits per heavy atom. The zero-order valence-electron chi connectivity index (χ0n) is 22.3. The van der Waals surface area contributed by atoms with Crippen molar-refractivity contribution in [2.45, 2.75) is 65.8 Å². The van der Waals surface area contributed by atoms with Crippen LogP contribution in [0, 0.1) is 12.3 Å². The maximum atomic E-state index is 13.4. The van der Waals surface area contributed by atoms with E-state index in [1.807, 2.05) is 19.1 Å². The molecule has 3 aromatic rings. The van der Waals surface area contributed by atoms with Crippen LogP contribution in [0.2, 0.25) is 0 Å². The molecule has 0 bridgehead atoms. The molecule has 198 valence electrons. The molecule has 1 saturated heterocycles. The number of imidazole rings is 1. The lowest BCUT2D eigenvalue weighted by Gasteiger charge is -2.38. The number of aliphatic carboxylic acids is 1. The van der Waals surface area contributed by atoms with E-state index in [0.29, 0.717) is 12.4 Å². The molecule has 0 aliphatic carbocycles. The number of hydrogen-bond acceptors (Lipinski definition) is 5. The molecule has 0 unspecified atom stereocenters. The van der Waals surface area contributed by atoms with Crippen molar-refractivity contribution in [2.24, 2.45) is 5.41 Å². The number of carbonyl (C=O) groups excluding carboxylic acids is 1. The summed E-state index contributed by atoms with van der Waals surface area (Å²) in [7, 11) is 0. The van der Waals surface area contributed by atoms with Crippen molar-refractivity contribution in [1.82, 2.24) is 30.0 Å². The van der Waals surface area contributed by atoms with Gasteiger partial charge in [0.15, 0.2) is 5.69 Å². The topological polar surface area (TPSA) is 116 Å². The van der Waals surface area contributed by atoms with Gasteiger partial charge in [-0.3, -0.25) is 9.59 Å². The molecule has 1 aliphatic rings. The van der Waals surface area contributed by atoms with Gasteiger partial charge in [0.2, 0.25) is 5.95 Å². The van der Waals surface area contributed by atoms with E-state index in [4.69, 9.17) is 0 Å². The number of benzene rings is 1. The lowest BCUT2D eigenvalue weighted by atomic mass is 9.84. The van der Waals surface area contributed by atoms with Crippen molar-refractivity contribution in [3.8, 4) is 17.2 Å². The number of aromatic nitrogens is 4. The molecule has 0 saturated carbocycles. The predicted molar refractivity (Wildman–Crippen MR) is 143 cm³/mol. The molecule has 1 atom stereocenters. The lowest BCUT2D eigenvalue weighted by Crippen LogP contribution is -2.44. The minimum atomic E-state index is -0.932. The fraction of sp³-hybridized carbons (Fsp3) is 0.500. The molecule has 9 heteroatoms. The van der Waals surface area contributed by atoms with Gasteiger partial charge < -0.3 is 20.3 Å². The van der Waals surface area contributed by atoms with Gasteiger partial charge in [0.25, 0.3) is 5.91 Å². The number of carbonyl (C=O) groups is 2. The minimum absolute atomic E-state index is 0.132. The fourth-order valence-corrected chi connectivity index (χ4v) is 5.36. The second kappa shape index (κ2) is 11.3. The van der Waals surface area contributed by atoms with Crippen LogP contribution < -0.4 is 5.32 Å². The number of hydrogen-bond donors (Lipinski definition) is 3. The summed E-state index contributed by atoms with van der Waals surface area (Å²) < 4.78 is 1.65. The Hall–Kier alpha value is -3.46. The van der Waals surface area contributed by atoms with Crippen molar-refractivity contribution in [3.63, 3.8) is 0 Å². The molecule has 9 nitrogen and oxygen atoms in total. The average molecular weight is 507 g/mol. The summed E-state index contributed by atoms with van der Waals surface area (Å²) in [5.41, 5.74) is 4.49. The van der Waals surface area contributed by atoms with Crippen LogP contribution in [-0.2, 0) is 11.2 Å². The Bertz CT molecular complexity index is 1230. The minimum Gasteiger partial charge on any atom is -0.481 e. The van der Waals surface area contributed by atoms with E-state index in [0.717, 1.165) is 54.9 Å². The predicted octanol–water partition coefficient (Wildman–Crippen LogP) is 4.22. The number of nitrogens with zero attached hydrogens (tertiary/aromatic N) is 4. The van der Waals surface area contributed by atoms with E-state index in [-0.39, 0.29) is 23.4 Å². The Balaban J connectivity index is 1.58. The summed E-state index contributed by atoms with van der Waals surface area (Å²) in [6.07, 6.45) is 6.95. The molecule has 1 fully saturated rings. The number of carboxylic acids is 1. The third-order valence-electron chi connectivity index (χ3n) is 7.15. The van der Waals surface area contributed by atoms with Crippen LogP contribution in [0.15, 0.2) is 36.7 Å². The summed E-state index contributed by atoms with van der Waals surface area (Å²) in [6.45, 7) is 11.4. The highest BCUT2D eigenvalue weighted by Crippen LogP contribution is 2.31. The number of aromatic amines is 1. The van der Waals surface area contributed by atoms with E-state index in [2.05, 4.69) is 52.1 Å². The molecule has 1 amide bonds. The zero-order chi connectivity index (χ0) is 26.6. The van der Waals surface area contributed by atoms with Crippen LogP contribution >= 0.6 is 0 Å². The van der Waals surface area contributed by atoms with Gasteiger partial charge in [-0.2, -0.15) is 9.78 Å². The van der Waals surface area contributed by atoms with Gasteiger partial charge >= 0.3 is 5.97 Å². The highest BCUT2D eigenvalue weighted by Gasteiger charge is 2.28. The molecular weight excluding hydrogens is 468 g/mol. The number of piperidine rings is 1. The third-order valence-corrected chi connectivity index (χ3v) is 7.15. The second-order valence-corrected chi connectivity index (χ2v) is 10.8. The van der Waals surface area contributed by atoms with Crippen LogP contribution in [0.25, 0.3) is 17.2 Å². The van der Waals surface area contributed by atoms with E-state index in [1.165, 1.54) is 6.42 Å². The molecule has 3 heterocycles. The molecular formula is C28H38N6O3. The Kier molecular flexibility index (Phi) is 8.12. The Morgan fingerprint density at radius 3 is 2.78 bits per heavy atom. The quantitative estimate of drug-likeness (QED) is 0.379. The standard InChI is InChI=1S/C28H38N6O3/c1-5-20-9-6-8-19(2)25(20)23-17-22(32-34(23)27-29-12-13-30-27)26(37)31-21(16-24(35)36)10-15-33-14-7-11-28(3,4)18-33/h6,8-9,12-13,17,21H,5,7,10-11,14-16,18H2,1-4H3,(H,29,30)(H,31,37)(H,35,36)/t21-/m0/s1. The van der Waals surface area contributed by atoms with Gasteiger partial charge in [-0.05, 0) is 61.8 Å². The van der Waals surface area contributed by atoms with Gasteiger partial charge in [-0.15, -0.1) is 0 Å². The molecule has 1 aliphatic heterocycles. The van der Waals surface area contributed by atoms with Crippen LogP contribution in [0.4, 0.5) is 0 Å². The molecule has 2 aromatic heterocycles. The normalized spacial score (nSPS) is 16.4. The number of H-pyrrole nitrogens is 1. The van der Waals surface area contributed by atoms with Gasteiger partial charge in [0, 0.05) is 37.1 Å². The maximum absolute atomic E-state index is 13.4. The maximum Gasteiger partial charge on any atom is 0.305 e. The molecule has 3 N–H and O–H groups in total. The van der Waals surface area contributed by atoms with Gasteiger partial charge in [0.1, 0.15) is 0 Å². The SMILES string of the molecule is CCc1cccc(C)c1-c1cc(C(=O)N[C@@H](CCN2CCCC(C)(C)C2)CC(=O)O)nn1-c1ncc[nH]1. The third kappa shape index (κ3) is 6.46. The second-order valence-electron chi connectivity index (χ2n) is 10.8. The highest BCUT2D eigenvalue weighted by molar-refractivity contribution is 5.94. The summed E-state index contributed by atoms with van der Waals surface area (Å²) in [6, 6.07) is 7.42. The summed E-state index contributed by atoms with van der Waals surface area (Å²) in [5, 5.41) is 17.1. The number of amides is 1. The molecule has 4 rings (SSSR count). The molecule has 37 heavy (non-hydrogen) atoms. The first-order valence-corrected chi connectivity index (χ1v) is 13.1. The van der Waals surface area contributed by atoms with Crippen molar-refractivity contribution in [2.75, 3.05) is 19.6 Å². The first-order chi connectivity index (χ1) is 17.7. The number of likely N-dealkylation sites (tertiary alicyclic amines) is 1. The van der Waals surface area contributed by atoms with Gasteiger partial charge in [-0.1, -0.05) is 39.0 Å². The first-order valence-electron chi connectivity index (χ1n) is 13.1. The summed E-state index contributed by atoms with van der Waals surface area (Å²) >= 11 is 0. The fourth-order valence-electron chi connectivity index (χ4n) is 5.36.